The van der Waals surface area contributed by atoms with Crippen LogP contribution in [0.2, 0.25) is 0 Å². The Bertz CT molecular complexity index is 325. The van der Waals surface area contributed by atoms with Gasteiger partial charge in [-0.15, -0.1) is 0 Å². The van der Waals surface area contributed by atoms with E-state index in [2.05, 4.69) is 43.4 Å². The van der Waals surface area contributed by atoms with Crippen molar-refractivity contribution in [2.24, 2.45) is 5.92 Å². The molecule has 1 unspecified atom stereocenters. The summed E-state index contributed by atoms with van der Waals surface area (Å²) in [5.41, 5.74) is 2.81. The van der Waals surface area contributed by atoms with Gasteiger partial charge in [-0.1, -0.05) is 36.8 Å². The van der Waals surface area contributed by atoms with Gasteiger partial charge in [-0.2, -0.15) is 0 Å². The molecule has 1 atom stereocenters. The lowest BCUT2D eigenvalue weighted by atomic mass is 9.94. The predicted octanol–water partition coefficient (Wildman–Crippen LogP) is 3.19. The first kappa shape index (κ1) is 15.2. The minimum atomic E-state index is 0.710. The van der Waals surface area contributed by atoms with Crippen LogP contribution in [-0.4, -0.2) is 26.8 Å². The molecule has 0 aliphatic heterocycles. The van der Waals surface area contributed by atoms with Crippen molar-refractivity contribution < 1.29 is 4.74 Å². The molecule has 1 N–H and O–H groups in total. The van der Waals surface area contributed by atoms with Crippen LogP contribution in [0.15, 0.2) is 24.3 Å². The Morgan fingerprint density at radius 3 is 2.83 bits per heavy atom. The minimum Gasteiger partial charge on any atom is -0.385 e. The van der Waals surface area contributed by atoms with Gasteiger partial charge in [0.15, 0.2) is 0 Å². The fraction of sp³-hybridized carbons (Fsp3) is 0.625. The molecule has 18 heavy (non-hydrogen) atoms. The molecule has 0 aliphatic rings. The van der Waals surface area contributed by atoms with Crippen LogP contribution in [0, 0.1) is 12.8 Å². The summed E-state index contributed by atoms with van der Waals surface area (Å²) in [5.74, 6) is 0.710. The van der Waals surface area contributed by atoms with Crippen LogP contribution in [-0.2, 0) is 11.2 Å². The zero-order valence-corrected chi connectivity index (χ0v) is 12.0. The van der Waals surface area contributed by atoms with Gasteiger partial charge in [0.1, 0.15) is 0 Å². The fourth-order valence-corrected chi connectivity index (χ4v) is 2.31. The largest absolute Gasteiger partial charge is 0.385 e. The van der Waals surface area contributed by atoms with E-state index in [-0.39, 0.29) is 0 Å². The van der Waals surface area contributed by atoms with Crippen molar-refractivity contribution in [1.82, 2.24) is 5.32 Å². The van der Waals surface area contributed by atoms with Gasteiger partial charge < -0.3 is 10.1 Å². The Kier molecular flexibility index (Phi) is 7.70. The van der Waals surface area contributed by atoms with Crippen molar-refractivity contribution in [2.75, 3.05) is 26.8 Å². The summed E-state index contributed by atoms with van der Waals surface area (Å²) in [7, 11) is 1.78. The fourth-order valence-electron chi connectivity index (χ4n) is 2.31. The first-order valence-electron chi connectivity index (χ1n) is 7.01. The van der Waals surface area contributed by atoms with E-state index in [1.54, 1.807) is 7.11 Å². The standard InChI is InChI=1S/C16H27NO/c1-4-17-13-16(9-6-10-18-3)12-15-8-5-7-14(2)11-15/h5,7-8,11,16-17H,4,6,9-10,12-13H2,1-3H3. The van der Waals surface area contributed by atoms with E-state index >= 15 is 0 Å². The molecule has 1 aromatic rings. The normalized spacial score (nSPS) is 12.6. The highest BCUT2D eigenvalue weighted by atomic mass is 16.5. The molecule has 0 saturated heterocycles. The summed E-state index contributed by atoms with van der Waals surface area (Å²) in [6.07, 6.45) is 3.55. The maximum Gasteiger partial charge on any atom is 0.0462 e. The highest BCUT2D eigenvalue weighted by Gasteiger charge is 2.09. The van der Waals surface area contributed by atoms with Gasteiger partial charge in [0.05, 0.1) is 0 Å². The summed E-state index contributed by atoms with van der Waals surface area (Å²) in [6.45, 7) is 7.35. The van der Waals surface area contributed by atoms with Gasteiger partial charge in [0.25, 0.3) is 0 Å². The van der Waals surface area contributed by atoms with Gasteiger partial charge in [-0.3, -0.25) is 0 Å². The minimum absolute atomic E-state index is 0.710. The number of methoxy groups -OCH3 is 1. The molecule has 1 rings (SSSR count). The molecule has 1 aromatic carbocycles. The lowest BCUT2D eigenvalue weighted by Gasteiger charge is -2.17. The van der Waals surface area contributed by atoms with Gasteiger partial charge in [-0.05, 0) is 50.8 Å². The quantitative estimate of drug-likeness (QED) is 0.679. The van der Waals surface area contributed by atoms with Crippen molar-refractivity contribution in [3.63, 3.8) is 0 Å². The molecule has 0 bridgehead atoms. The number of rotatable bonds is 9. The number of ether oxygens (including phenoxy) is 1. The first-order valence-corrected chi connectivity index (χ1v) is 7.01. The van der Waals surface area contributed by atoms with Gasteiger partial charge >= 0.3 is 0 Å². The van der Waals surface area contributed by atoms with E-state index in [4.69, 9.17) is 4.74 Å². The third-order valence-electron chi connectivity index (χ3n) is 3.25. The summed E-state index contributed by atoms with van der Waals surface area (Å²) < 4.78 is 5.15. The monoisotopic (exact) mass is 249 g/mol. The van der Waals surface area contributed by atoms with Gasteiger partial charge in [-0.25, -0.2) is 0 Å². The van der Waals surface area contributed by atoms with Crippen molar-refractivity contribution in [1.29, 1.82) is 0 Å². The Morgan fingerprint density at radius 2 is 2.17 bits per heavy atom. The van der Waals surface area contributed by atoms with Crippen LogP contribution < -0.4 is 5.32 Å². The summed E-state index contributed by atoms with van der Waals surface area (Å²) >= 11 is 0. The number of aryl methyl sites for hydroxylation is 1. The summed E-state index contributed by atoms with van der Waals surface area (Å²) in [6, 6.07) is 8.86. The predicted molar refractivity (Wildman–Crippen MR) is 78.0 cm³/mol. The maximum absolute atomic E-state index is 5.15. The zero-order chi connectivity index (χ0) is 13.2. The molecule has 0 amide bonds. The van der Waals surface area contributed by atoms with Crippen LogP contribution in [0.3, 0.4) is 0 Å². The van der Waals surface area contributed by atoms with E-state index in [0.717, 1.165) is 26.1 Å². The second-order valence-electron chi connectivity index (χ2n) is 5.00. The Hall–Kier alpha value is -0.860. The van der Waals surface area contributed by atoms with E-state index in [0.29, 0.717) is 5.92 Å². The second kappa shape index (κ2) is 9.12. The SMILES string of the molecule is CCNCC(CCCOC)Cc1cccc(C)c1. The molecule has 0 fully saturated rings. The number of nitrogens with one attached hydrogen (secondary N) is 1. The zero-order valence-electron chi connectivity index (χ0n) is 12.0. The number of hydrogen-bond acceptors (Lipinski definition) is 2. The van der Waals surface area contributed by atoms with E-state index in [1.165, 1.54) is 24.0 Å². The molecule has 102 valence electrons. The molecule has 0 heterocycles. The Labute approximate surface area is 112 Å². The highest BCUT2D eigenvalue weighted by Crippen LogP contribution is 2.15. The van der Waals surface area contributed by atoms with Crippen LogP contribution in [0.4, 0.5) is 0 Å². The number of hydrogen-bond donors (Lipinski definition) is 1. The van der Waals surface area contributed by atoms with Crippen molar-refractivity contribution >= 4 is 0 Å². The van der Waals surface area contributed by atoms with Crippen molar-refractivity contribution in [3.05, 3.63) is 35.4 Å². The van der Waals surface area contributed by atoms with E-state index < -0.39 is 0 Å². The molecule has 0 saturated carbocycles. The topological polar surface area (TPSA) is 21.3 Å². The van der Waals surface area contributed by atoms with Crippen LogP contribution in [0.5, 0.6) is 0 Å². The van der Waals surface area contributed by atoms with Crippen LogP contribution in [0.25, 0.3) is 0 Å². The summed E-state index contributed by atoms with van der Waals surface area (Å²) in [5, 5.41) is 3.47. The van der Waals surface area contributed by atoms with Gasteiger partial charge in [0, 0.05) is 13.7 Å². The van der Waals surface area contributed by atoms with Crippen molar-refractivity contribution in [3.8, 4) is 0 Å². The number of benzene rings is 1. The third kappa shape index (κ3) is 6.18. The van der Waals surface area contributed by atoms with E-state index in [9.17, 15) is 0 Å². The Morgan fingerprint density at radius 1 is 1.33 bits per heavy atom. The van der Waals surface area contributed by atoms with Crippen LogP contribution in [0.1, 0.15) is 30.9 Å². The molecule has 2 nitrogen and oxygen atoms in total. The second-order valence-corrected chi connectivity index (χ2v) is 5.00. The molecule has 2 heteroatoms. The molecule has 0 radical (unpaired) electrons. The summed E-state index contributed by atoms with van der Waals surface area (Å²) in [4.78, 5) is 0. The van der Waals surface area contributed by atoms with Gasteiger partial charge in [0.2, 0.25) is 0 Å². The van der Waals surface area contributed by atoms with E-state index in [1.807, 2.05) is 0 Å². The highest BCUT2D eigenvalue weighted by molar-refractivity contribution is 5.22. The lowest BCUT2D eigenvalue weighted by Crippen LogP contribution is -2.24. The molecule has 0 spiro atoms. The lowest BCUT2D eigenvalue weighted by molar-refractivity contribution is 0.186. The average molecular weight is 249 g/mol. The average Bonchev–Trinajstić information content (AvgIpc) is 2.36. The maximum atomic E-state index is 5.15. The molecular formula is C16H27NO. The van der Waals surface area contributed by atoms with Crippen LogP contribution >= 0.6 is 0 Å². The third-order valence-corrected chi connectivity index (χ3v) is 3.25. The molecule has 0 aliphatic carbocycles. The molecular weight excluding hydrogens is 222 g/mol. The molecule has 0 aromatic heterocycles. The Balaban J connectivity index is 2.48. The van der Waals surface area contributed by atoms with Crippen molar-refractivity contribution in [2.45, 2.75) is 33.1 Å². The first-order chi connectivity index (χ1) is 8.76. The smallest absolute Gasteiger partial charge is 0.0462 e.